The summed E-state index contributed by atoms with van der Waals surface area (Å²) in [6.07, 6.45) is 0.407. The number of nitrogens with zero attached hydrogens (tertiary/aromatic N) is 2. The largest absolute Gasteiger partial charge is 0.271 e. The Labute approximate surface area is 126 Å². The van der Waals surface area contributed by atoms with E-state index >= 15 is 0 Å². The van der Waals surface area contributed by atoms with Crippen LogP contribution in [0.15, 0.2) is 18.2 Å². The fourth-order valence-corrected chi connectivity index (χ4v) is 2.55. The minimum absolute atomic E-state index is 0.368. The van der Waals surface area contributed by atoms with Crippen molar-refractivity contribution in [3.63, 3.8) is 0 Å². The molecule has 1 heterocycles. The van der Waals surface area contributed by atoms with Crippen LogP contribution in [0.4, 0.5) is 4.39 Å². The summed E-state index contributed by atoms with van der Waals surface area (Å²) in [5.74, 6) is 5.18. The zero-order valence-corrected chi connectivity index (χ0v) is 12.6. The average molecular weight is 317 g/mol. The second kappa shape index (κ2) is 6.10. The van der Waals surface area contributed by atoms with Gasteiger partial charge in [-0.05, 0) is 25.1 Å². The molecule has 7 heteroatoms. The summed E-state index contributed by atoms with van der Waals surface area (Å²) in [6, 6.07) is 3.92. The highest BCUT2D eigenvalue weighted by Gasteiger charge is 2.20. The van der Waals surface area contributed by atoms with Crippen LogP contribution in [0.2, 0.25) is 10.0 Å². The van der Waals surface area contributed by atoms with Crippen LogP contribution in [0.3, 0.4) is 0 Å². The zero-order valence-electron chi connectivity index (χ0n) is 11.1. The van der Waals surface area contributed by atoms with E-state index in [2.05, 4.69) is 10.5 Å². The molecule has 1 aromatic heterocycles. The van der Waals surface area contributed by atoms with E-state index in [1.54, 1.807) is 17.8 Å². The number of nitrogens with two attached hydrogens (primary N) is 1. The molecule has 0 aliphatic carbocycles. The molecular formula is C13H15Cl2FN4. The molecule has 2 aromatic rings. The van der Waals surface area contributed by atoms with Gasteiger partial charge in [0.1, 0.15) is 5.82 Å². The standard InChI is InChI=1S/C13H15Cl2FN4/c1-7-13(15)12(20(2)19-7)6-11(18-17)9-5-8(14)3-4-10(9)16/h3-5,11,18H,6,17H2,1-2H3. The number of hydrogen-bond acceptors (Lipinski definition) is 3. The maximum Gasteiger partial charge on any atom is 0.128 e. The second-order valence-electron chi connectivity index (χ2n) is 4.56. The molecule has 1 aromatic carbocycles. The van der Waals surface area contributed by atoms with Gasteiger partial charge in [0, 0.05) is 24.1 Å². The topological polar surface area (TPSA) is 55.9 Å². The molecule has 0 radical (unpaired) electrons. The molecule has 0 saturated heterocycles. The summed E-state index contributed by atoms with van der Waals surface area (Å²) in [6.45, 7) is 1.82. The number of nitrogens with one attached hydrogen (secondary N) is 1. The summed E-state index contributed by atoms with van der Waals surface area (Å²) in [7, 11) is 1.79. The van der Waals surface area contributed by atoms with Gasteiger partial charge in [-0.15, -0.1) is 0 Å². The minimum atomic E-state index is -0.444. The number of aryl methyl sites for hydroxylation is 2. The van der Waals surface area contributed by atoms with Gasteiger partial charge in [-0.1, -0.05) is 23.2 Å². The number of benzene rings is 1. The lowest BCUT2D eigenvalue weighted by molar-refractivity contribution is 0.497. The predicted octanol–water partition coefficient (Wildman–Crippen LogP) is 2.92. The van der Waals surface area contributed by atoms with Crippen molar-refractivity contribution in [2.24, 2.45) is 12.9 Å². The molecular weight excluding hydrogens is 302 g/mol. The van der Waals surface area contributed by atoms with Crippen LogP contribution in [0.5, 0.6) is 0 Å². The molecule has 108 valence electrons. The Hall–Kier alpha value is -1.14. The normalized spacial score (nSPS) is 12.7. The van der Waals surface area contributed by atoms with E-state index in [1.807, 2.05) is 6.92 Å². The van der Waals surface area contributed by atoms with E-state index in [9.17, 15) is 4.39 Å². The lowest BCUT2D eigenvalue weighted by Gasteiger charge is -2.17. The monoisotopic (exact) mass is 316 g/mol. The highest BCUT2D eigenvalue weighted by Crippen LogP contribution is 2.27. The molecule has 0 bridgehead atoms. The quantitative estimate of drug-likeness (QED) is 0.673. The summed E-state index contributed by atoms with van der Waals surface area (Å²) in [4.78, 5) is 0. The van der Waals surface area contributed by atoms with Crippen molar-refractivity contribution in [1.82, 2.24) is 15.2 Å². The molecule has 0 saturated carbocycles. The Morgan fingerprint density at radius 3 is 2.70 bits per heavy atom. The maximum atomic E-state index is 13.9. The summed E-state index contributed by atoms with van der Waals surface area (Å²) in [5.41, 5.74) is 4.51. The number of halogens is 3. The first-order valence-corrected chi connectivity index (χ1v) is 6.78. The summed E-state index contributed by atoms with van der Waals surface area (Å²) < 4.78 is 15.6. The van der Waals surface area contributed by atoms with Gasteiger partial charge >= 0.3 is 0 Å². The van der Waals surface area contributed by atoms with Crippen molar-refractivity contribution in [3.8, 4) is 0 Å². The average Bonchev–Trinajstić information content (AvgIpc) is 2.65. The Morgan fingerprint density at radius 2 is 2.15 bits per heavy atom. The van der Waals surface area contributed by atoms with Gasteiger partial charge in [-0.25, -0.2) is 4.39 Å². The molecule has 0 aliphatic heterocycles. The highest BCUT2D eigenvalue weighted by molar-refractivity contribution is 6.32. The van der Waals surface area contributed by atoms with Crippen LogP contribution < -0.4 is 11.3 Å². The van der Waals surface area contributed by atoms with Crippen LogP contribution >= 0.6 is 23.2 Å². The van der Waals surface area contributed by atoms with Crippen molar-refractivity contribution in [1.29, 1.82) is 0 Å². The van der Waals surface area contributed by atoms with E-state index < -0.39 is 6.04 Å². The van der Waals surface area contributed by atoms with Crippen LogP contribution in [0.1, 0.15) is 23.0 Å². The summed E-state index contributed by atoms with van der Waals surface area (Å²) >= 11 is 12.1. The molecule has 0 spiro atoms. The summed E-state index contributed by atoms with van der Waals surface area (Å²) in [5, 5.41) is 5.25. The van der Waals surface area contributed by atoms with Gasteiger partial charge in [0.2, 0.25) is 0 Å². The molecule has 0 aliphatic rings. The van der Waals surface area contributed by atoms with Crippen LogP contribution in [0, 0.1) is 12.7 Å². The smallest absolute Gasteiger partial charge is 0.128 e. The SMILES string of the molecule is Cc1nn(C)c(CC(NN)c2cc(Cl)ccc2F)c1Cl. The van der Waals surface area contributed by atoms with Gasteiger partial charge in [0.15, 0.2) is 0 Å². The number of hydrazine groups is 1. The zero-order chi connectivity index (χ0) is 14.9. The lowest BCUT2D eigenvalue weighted by atomic mass is 10.0. The third-order valence-corrected chi connectivity index (χ3v) is 3.92. The van der Waals surface area contributed by atoms with Crippen LogP contribution in [-0.2, 0) is 13.5 Å². The number of rotatable bonds is 4. The van der Waals surface area contributed by atoms with Crippen LogP contribution in [0.25, 0.3) is 0 Å². The van der Waals surface area contributed by atoms with Crippen molar-refractivity contribution < 1.29 is 4.39 Å². The maximum absolute atomic E-state index is 13.9. The first-order valence-electron chi connectivity index (χ1n) is 6.03. The van der Waals surface area contributed by atoms with Gasteiger partial charge in [-0.3, -0.25) is 16.0 Å². The van der Waals surface area contributed by atoms with Gasteiger partial charge in [0.25, 0.3) is 0 Å². The Bertz CT molecular complexity index is 627. The Morgan fingerprint density at radius 1 is 1.45 bits per heavy atom. The molecule has 0 fully saturated rings. The molecule has 0 amide bonds. The number of aromatic nitrogens is 2. The molecule has 1 atom stereocenters. The van der Waals surface area contributed by atoms with Crippen molar-refractivity contribution >= 4 is 23.2 Å². The molecule has 2 rings (SSSR count). The van der Waals surface area contributed by atoms with Gasteiger partial charge < -0.3 is 0 Å². The van der Waals surface area contributed by atoms with E-state index in [-0.39, 0.29) is 5.82 Å². The van der Waals surface area contributed by atoms with Crippen LogP contribution in [-0.4, -0.2) is 9.78 Å². The molecule has 1 unspecified atom stereocenters. The fourth-order valence-electron chi connectivity index (χ4n) is 2.14. The van der Waals surface area contributed by atoms with Crippen molar-refractivity contribution in [2.75, 3.05) is 0 Å². The van der Waals surface area contributed by atoms with Crippen molar-refractivity contribution in [3.05, 3.63) is 51.0 Å². The van der Waals surface area contributed by atoms with E-state index in [4.69, 9.17) is 29.0 Å². The number of hydrogen-bond donors (Lipinski definition) is 2. The lowest BCUT2D eigenvalue weighted by Crippen LogP contribution is -2.31. The second-order valence-corrected chi connectivity index (χ2v) is 5.37. The fraction of sp³-hybridized carbons (Fsp3) is 0.308. The molecule has 4 nitrogen and oxygen atoms in total. The van der Waals surface area contributed by atoms with E-state index in [0.717, 1.165) is 11.4 Å². The Kier molecular flexibility index (Phi) is 4.65. The first kappa shape index (κ1) is 15.3. The minimum Gasteiger partial charge on any atom is -0.271 e. The van der Waals surface area contributed by atoms with Crippen molar-refractivity contribution in [2.45, 2.75) is 19.4 Å². The third kappa shape index (κ3) is 2.96. The van der Waals surface area contributed by atoms with Gasteiger partial charge in [0.05, 0.1) is 22.5 Å². The first-order chi connectivity index (χ1) is 9.43. The highest BCUT2D eigenvalue weighted by atomic mass is 35.5. The molecule has 20 heavy (non-hydrogen) atoms. The van der Waals surface area contributed by atoms with E-state index in [0.29, 0.717) is 22.0 Å². The van der Waals surface area contributed by atoms with E-state index in [1.165, 1.54) is 12.1 Å². The Balaban J connectivity index is 2.36. The predicted molar refractivity (Wildman–Crippen MR) is 78.1 cm³/mol. The molecule has 3 N–H and O–H groups in total. The van der Waals surface area contributed by atoms with Gasteiger partial charge in [-0.2, -0.15) is 5.10 Å². The third-order valence-electron chi connectivity index (χ3n) is 3.19.